The molecule has 0 spiro atoms. The summed E-state index contributed by atoms with van der Waals surface area (Å²) in [6.45, 7) is 6.51. The fourth-order valence-corrected chi connectivity index (χ4v) is 2.69. The first-order valence-corrected chi connectivity index (χ1v) is 8.09. The normalized spacial score (nSPS) is 12.2. The molecule has 1 N–H and O–H groups in total. The molecule has 25 heavy (non-hydrogen) atoms. The highest BCUT2D eigenvalue weighted by Gasteiger charge is 2.12. The molecule has 2 heterocycles. The number of nitrogens with zero attached hydrogens (tertiary/aromatic N) is 6. The van der Waals surface area contributed by atoms with Crippen LogP contribution in [-0.4, -0.2) is 42.4 Å². The lowest BCUT2D eigenvalue weighted by Gasteiger charge is -2.15. The lowest BCUT2D eigenvalue weighted by atomic mass is 10.1. The third-order valence-electron chi connectivity index (χ3n) is 3.93. The second kappa shape index (κ2) is 6.84. The van der Waals surface area contributed by atoms with Crippen molar-refractivity contribution in [2.24, 2.45) is 7.05 Å². The Bertz CT molecular complexity index is 879. The van der Waals surface area contributed by atoms with Crippen LogP contribution in [0.5, 0.6) is 0 Å². The average Bonchev–Trinajstić information content (AvgIpc) is 3.17. The summed E-state index contributed by atoms with van der Waals surface area (Å²) in [5.41, 5.74) is 3.47. The summed E-state index contributed by atoms with van der Waals surface area (Å²) in [6, 6.07) is 9.26. The number of tetrazole rings is 1. The van der Waals surface area contributed by atoms with E-state index in [1.165, 1.54) is 4.80 Å². The first-order valence-electron chi connectivity index (χ1n) is 8.09. The molecule has 1 atom stereocenters. The van der Waals surface area contributed by atoms with Crippen molar-refractivity contribution in [1.82, 2.24) is 35.3 Å². The third-order valence-corrected chi connectivity index (χ3v) is 3.93. The van der Waals surface area contributed by atoms with Gasteiger partial charge in [-0.15, -0.1) is 10.2 Å². The molecular weight excluding hydrogens is 318 g/mol. The van der Waals surface area contributed by atoms with E-state index in [0.717, 1.165) is 17.0 Å². The quantitative estimate of drug-likeness (QED) is 0.764. The molecule has 0 aliphatic rings. The van der Waals surface area contributed by atoms with E-state index in [1.54, 1.807) is 19.2 Å². The van der Waals surface area contributed by atoms with Gasteiger partial charge in [0.25, 0.3) is 5.91 Å². The molecule has 0 fully saturated rings. The highest BCUT2D eigenvalue weighted by molar-refractivity contribution is 5.94. The number of aromatic nitrogens is 6. The summed E-state index contributed by atoms with van der Waals surface area (Å²) in [5, 5.41) is 19.3. The van der Waals surface area contributed by atoms with Gasteiger partial charge in [-0.25, -0.2) is 0 Å². The van der Waals surface area contributed by atoms with Crippen molar-refractivity contribution < 1.29 is 4.79 Å². The standard InChI is InChI=1S/C17H21N7O/c1-11-9-12(2)24(20-11)13(3)10-18-17(25)15-7-5-14(6-8-15)16-19-22-23(4)21-16/h5-9,13H,10H2,1-4H3,(H,18,25). The highest BCUT2D eigenvalue weighted by atomic mass is 16.1. The second-order valence-corrected chi connectivity index (χ2v) is 6.11. The largest absolute Gasteiger partial charge is 0.350 e. The molecule has 0 saturated carbocycles. The minimum atomic E-state index is -0.118. The van der Waals surface area contributed by atoms with Crippen LogP contribution in [0, 0.1) is 13.8 Å². The van der Waals surface area contributed by atoms with E-state index in [9.17, 15) is 4.79 Å². The zero-order chi connectivity index (χ0) is 18.0. The number of amides is 1. The monoisotopic (exact) mass is 339 g/mol. The number of carbonyl (C=O) groups excluding carboxylic acids is 1. The van der Waals surface area contributed by atoms with Crippen molar-refractivity contribution in [2.75, 3.05) is 6.54 Å². The van der Waals surface area contributed by atoms with E-state index in [0.29, 0.717) is 17.9 Å². The Morgan fingerprint density at radius 3 is 2.48 bits per heavy atom. The Hall–Kier alpha value is -3.03. The lowest BCUT2D eigenvalue weighted by molar-refractivity contribution is 0.0947. The predicted molar refractivity (Wildman–Crippen MR) is 93.0 cm³/mol. The van der Waals surface area contributed by atoms with E-state index >= 15 is 0 Å². The van der Waals surface area contributed by atoms with Gasteiger partial charge in [-0.2, -0.15) is 9.90 Å². The zero-order valence-electron chi connectivity index (χ0n) is 14.8. The van der Waals surface area contributed by atoms with Crippen LogP contribution in [0.2, 0.25) is 0 Å². The topological polar surface area (TPSA) is 90.5 Å². The second-order valence-electron chi connectivity index (χ2n) is 6.11. The molecule has 0 aliphatic heterocycles. The van der Waals surface area contributed by atoms with Crippen molar-refractivity contribution in [3.63, 3.8) is 0 Å². The first kappa shape index (κ1) is 16.8. The smallest absolute Gasteiger partial charge is 0.251 e. The molecule has 2 aromatic heterocycles. The molecule has 3 rings (SSSR count). The van der Waals surface area contributed by atoms with Crippen LogP contribution in [0.4, 0.5) is 0 Å². The van der Waals surface area contributed by atoms with E-state index < -0.39 is 0 Å². The third kappa shape index (κ3) is 3.73. The van der Waals surface area contributed by atoms with Crippen molar-refractivity contribution >= 4 is 5.91 Å². The number of carbonyl (C=O) groups is 1. The summed E-state index contributed by atoms with van der Waals surface area (Å²) in [5.74, 6) is 0.416. The number of nitrogens with one attached hydrogen (secondary N) is 1. The van der Waals surface area contributed by atoms with Gasteiger partial charge >= 0.3 is 0 Å². The summed E-state index contributed by atoms with van der Waals surface area (Å²) in [6.07, 6.45) is 0. The van der Waals surface area contributed by atoms with Gasteiger partial charge in [-0.05, 0) is 44.2 Å². The van der Waals surface area contributed by atoms with E-state index in [4.69, 9.17) is 0 Å². The minimum absolute atomic E-state index is 0.0840. The van der Waals surface area contributed by atoms with Gasteiger partial charge in [0, 0.05) is 23.4 Å². The maximum atomic E-state index is 12.3. The van der Waals surface area contributed by atoms with Crippen LogP contribution >= 0.6 is 0 Å². The van der Waals surface area contributed by atoms with Crippen molar-refractivity contribution in [1.29, 1.82) is 0 Å². The Morgan fingerprint density at radius 2 is 1.92 bits per heavy atom. The number of hydrogen-bond donors (Lipinski definition) is 1. The van der Waals surface area contributed by atoms with E-state index in [-0.39, 0.29) is 11.9 Å². The maximum Gasteiger partial charge on any atom is 0.251 e. The SMILES string of the molecule is Cc1cc(C)n(C(C)CNC(=O)c2ccc(-c3nnn(C)n3)cc2)n1. The Balaban J connectivity index is 1.62. The summed E-state index contributed by atoms with van der Waals surface area (Å²) >= 11 is 0. The molecule has 0 saturated heterocycles. The van der Waals surface area contributed by atoms with Crippen LogP contribution in [0.15, 0.2) is 30.3 Å². The van der Waals surface area contributed by atoms with Gasteiger partial charge in [0.2, 0.25) is 5.82 Å². The number of aryl methyl sites for hydroxylation is 3. The number of benzene rings is 1. The lowest BCUT2D eigenvalue weighted by Crippen LogP contribution is -2.30. The van der Waals surface area contributed by atoms with Crippen molar-refractivity contribution in [3.05, 3.63) is 47.3 Å². The van der Waals surface area contributed by atoms with Crippen LogP contribution in [0.3, 0.4) is 0 Å². The van der Waals surface area contributed by atoms with Gasteiger partial charge in [-0.1, -0.05) is 12.1 Å². The molecule has 0 aliphatic carbocycles. The van der Waals surface area contributed by atoms with Gasteiger partial charge in [0.05, 0.1) is 18.8 Å². The van der Waals surface area contributed by atoms with Crippen LogP contribution in [0.1, 0.15) is 34.7 Å². The molecule has 0 radical (unpaired) electrons. The Labute approximate surface area is 145 Å². The maximum absolute atomic E-state index is 12.3. The molecule has 1 amide bonds. The first-order chi connectivity index (χ1) is 11.9. The predicted octanol–water partition coefficient (Wildman–Crippen LogP) is 1.68. The average molecular weight is 339 g/mol. The fourth-order valence-electron chi connectivity index (χ4n) is 2.69. The van der Waals surface area contributed by atoms with Crippen LogP contribution in [-0.2, 0) is 7.05 Å². The van der Waals surface area contributed by atoms with Crippen molar-refractivity contribution in [2.45, 2.75) is 26.8 Å². The molecule has 1 aromatic carbocycles. The van der Waals surface area contributed by atoms with Crippen LogP contribution in [0.25, 0.3) is 11.4 Å². The molecule has 8 heteroatoms. The van der Waals surface area contributed by atoms with Crippen molar-refractivity contribution in [3.8, 4) is 11.4 Å². The summed E-state index contributed by atoms with van der Waals surface area (Å²) in [7, 11) is 1.71. The van der Waals surface area contributed by atoms with E-state index in [2.05, 4.69) is 25.8 Å². The zero-order valence-corrected chi connectivity index (χ0v) is 14.8. The molecule has 0 bridgehead atoms. The molecule has 3 aromatic rings. The number of hydrogen-bond acceptors (Lipinski definition) is 5. The van der Waals surface area contributed by atoms with Gasteiger partial charge in [0.15, 0.2) is 0 Å². The number of rotatable bonds is 5. The van der Waals surface area contributed by atoms with Gasteiger partial charge in [-0.3, -0.25) is 9.48 Å². The van der Waals surface area contributed by atoms with E-state index in [1.807, 2.05) is 43.7 Å². The van der Waals surface area contributed by atoms with Crippen LogP contribution < -0.4 is 5.32 Å². The molecule has 8 nitrogen and oxygen atoms in total. The molecule has 1 unspecified atom stereocenters. The highest BCUT2D eigenvalue weighted by Crippen LogP contribution is 2.15. The fraction of sp³-hybridized carbons (Fsp3) is 0.353. The van der Waals surface area contributed by atoms with Gasteiger partial charge in [0.1, 0.15) is 0 Å². The summed E-state index contributed by atoms with van der Waals surface area (Å²) < 4.78 is 1.93. The Kier molecular flexibility index (Phi) is 4.60. The van der Waals surface area contributed by atoms with Gasteiger partial charge < -0.3 is 5.32 Å². The molecule has 130 valence electrons. The molecular formula is C17H21N7O. The minimum Gasteiger partial charge on any atom is -0.350 e. The summed E-state index contributed by atoms with van der Waals surface area (Å²) in [4.78, 5) is 13.7. The Morgan fingerprint density at radius 1 is 1.20 bits per heavy atom.